The number of carbonyl (C=O) groups is 2. The van der Waals surface area contributed by atoms with Crippen molar-refractivity contribution in [3.63, 3.8) is 0 Å². The molecule has 164 valence electrons. The highest BCUT2D eigenvalue weighted by atomic mass is 19.4. The highest BCUT2D eigenvalue weighted by Gasteiger charge is 2.35. The van der Waals surface area contributed by atoms with Gasteiger partial charge in [0.15, 0.2) is 0 Å². The Bertz CT molecular complexity index is 1000. The van der Waals surface area contributed by atoms with Gasteiger partial charge in [0.2, 0.25) is 0 Å². The van der Waals surface area contributed by atoms with E-state index in [2.05, 4.69) is 0 Å². The Morgan fingerprint density at radius 3 is 2.26 bits per heavy atom. The minimum absolute atomic E-state index is 0.0407. The van der Waals surface area contributed by atoms with Gasteiger partial charge in [0.25, 0.3) is 11.6 Å². The van der Waals surface area contributed by atoms with Gasteiger partial charge in [-0.25, -0.2) is 4.79 Å². The van der Waals surface area contributed by atoms with Gasteiger partial charge in [-0.3, -0.25) is 14.9 Å². The summed E-state index contributed by atoms with van der Waals surface area (Å²) in [5, 5.41) is 11.3. The summed E-state index contributed by atoms with van der Waals surface area (Å²) in [6, 6.07) is 7.69. The largest absolute Gasteiger partial charge is 0.462 e. The van der Waals surface area contributed by atoms with Crippen LogP contribution in [0.25, 0.3) is 0 Å². The number of ether oxygens (including phenoxy) is 1. The second-order valence-electron chi connectivity index (χ2n) is 7.11. The van der Waals surface area contributed by atoms with E-state index in [1.165, 1.54) is 23.1 Å². The van der Waals surface area contributed by atoms with Gasteiger partial charge in [-0.2, -0.15) is 13.2 Å². The average Bonchev–Trinajstić information content (AvgIpc) is 3.56. The number of benzene rings is 2. The van der Waals surface area contributed by atoms with E-state index in [0.29, 0.717) is 18.4 Å². The first-order chi connectivity index (χ1) is 14.6. The normalized spacial score (nSPS) is 13.5. The molecule has 1 fully saturated rings. The number of amides is 1. The summed E-state index contributed by atoms with van der Waals surface area (Å²) in [6.07, 6.45) is -3.03. The van der Waals surface area contributed by atoms with Crippen molar-refractivity contribution < 1.29 is 32.4 Å². The predicted molar refractivity (Wildman–Crippen MR) is 103 cm³/mol. The maximum absolute atomic E-state index is 13.1. The summed E-state index contributed by atoms with van der Waals surface area (Å²) in [6.45, 7) is 1.69. The van der Waals surface area contributed by atoms with Gasteiger partial charge in [0.1, 0.15) is 0 Å². The number of esters is 1. The molecule has 31 heavy (non-hydrogen) atoms. The molecule has 1 aliphatic carbocycles. The zero-order valence-electron chi connectivity index (χ0n) is 16.5. The molecule has 0 heterocycles. The van der Waals surface area contributed by atoms with Crippen molar-refractivity contribution in [2.45, 2.75) is 38.5 Å². The second-order valence-corrected chi connectivity index (χ2v) is 7.11. The molecule has 0 radical (unpaired) electrons. The summed E-state index contributed by atoms with van der Waals surface area (Å²) in [5.41, 5.74) is -0.914. The maximum Gasteiger partial charge on any atom is 0.416 e. The zero-order valence-corrected chi connectivity index (χ0v) is 16.5. The Labute approximate surface area is 175 Å². The molecular formula is C21H19F3N2O5. The summed E-state index contributed by atoms with van der Waals surface area (Å²) in [4.78, 5) is 37.2. The standard InChI is InChI=1S/C21H19F3N2O5/c1-2-31-20(28)15-9-14(10-18(11-15)26(29)30)19(27)25(17-7-8-17)12-13-3-5-16(6-4-13)21(22,23)24/h3-6,9-11,17H,2,7-8,12H2,1H3. The molecule has 0 aliphatic heterocycles. The fourth-order valence-electron chi connectivity index (χ4n) is 3.09. The van der Waals surface area contributed by atoms with Gasteiger partial charge in [0, 0.05) is 30.3 Å². The molecule has 1 saturated carbocycles. The number of nitro groups is 1. The second kappa shape index (κ2) is 8.75. The van der Waals surface area contributed by atoms with E-state index in [1.807, 2.05) is 0 Å². The van der Waals surface area contributed by atoms with E-state index in [9.17, 15) is 32.9 Å². The van der Waals surface area contributed by atoms with Gasteiger partial charge < -0.3 is 9.64 Å². The van der Waals surface area contributed by atoms with Crippen LogP contribution in [0.4, 0.5) is 18.9 Å². The first-order valence-electron chi connectivity index (χ1n) is 9.54. The number of hydrogen-bond donors (Lipinski definition) is 0. The summed E-state index contributed by atoms with van der Waals surface area (Å²) in [7, 11) is 0. The van der Waals surface area contributed by atoms with Crippen molar-refractivity contribution in [3.05, 3.63) is 74.8 Å². The van der Waals surface area contributed by atoms with Gasteiger partial charge in [-0.1, -0.05) is 12.1 Å². The first kappa shape index (κ1) is 22.3. The van der Waals surface area contributed by atoms with E-state index >= 15 is 0 Å². The smallest absolute Gasteiger partial charge is 0.416 e. The SMILES string of the molecule is CCOC(=O)c1cc(C(=O)N(Cc2ccc(C(F)(F)F)cc2)C2CC2)cc([N+](=O)[O-])c1. The van der Waals surface area contributed by atoms with E-state index < -0.39 is 34.2 Å². The molecule has 0 aromatic heterocycles. The van der Waals surface area contributed by atoms with Crippen molar-refractivity contribution in [3.8, 4) is 0 Å². The lowest BCUT2D eigenvalue weighted by Gasteiger charge is -2.23. The number of alkyl halides is 3. The molecule has 1 amide bonds. The number of rotatable bonds is 7. The summed E-state index contributed by atoms with van der Waals surface area (Å²) in [5.74, 6) is -1.34. The Hall–Kier alpha value is -3.43. The van der Waals surface area contributed by atoms with Crippen LogP contribution < -0.4 is 0 Å². The van der Waals surface area contributed by atoms with Crippen LogP contribution in [0, 0.1) is 10.1 Å². The minimum Gasteiger partial charge on any atom is -0.462 e. The van der Waals surface area contributed by atoms with Crippen LogP contribution in [-0.2, 0) is 17.5 Å². The lowest BCUT2D eigenvalue weighted by molar-refractivity contribution is -0.384. The summed E-state index contributed by atoms with van der Waals surface area (Å²) < 4.78 is 43.2. The molecule has 7 nitrogen and oxygen atoms in total. The molecular weight excluding hydrogens is 417 g/mol. The lowest BCUT2D eigenvalue weighted by atomic mass is 10.1. The fourth-order valence-corrected chi connectivity index (χ4v) is 3.09. The van der Waals surface area contributed by atoms with Crippen molar-refractivity contribution in [2.24, 2.45) is 0 Å². The third-order valence-electron chi connectivity index (χ3n) is 4.77. The van der Waals surface area contributed by atoms with Gasteiger partial charge in [-0.05, 0) is 43.5 Å². The van der Waals surface area contributed by atoms with Crippen molar-refractivity contribution >= 4 is 17.6 Å². The molecule has 0 atom stereocenters. The Balaban J connectivity index is 1.89. The van der Waals surface area contributed by atoms with Crippen LogP contribution in [0.1, 0.15) is 51.6 Å². The van der Waals surface area contributed by atoms with Crippen LogP contribution in [0.15, 0.2) is 42.5 Å². The fraction of sp³-hybridized carbons (Fsp3) is 0.333. The van der Waals surface area contributed by atoms with E-state index in [1.54, 1.807) is 6.92 Å². The third kappa shape index (κ3) is 5.39. The molecule has 0 N–H and O–H groups in total. The Morgan fingerprint density at radius 1 is 1.13 bits per heavy atom. The highest BCUT2D eigenvalue weighted by Crippen LogP contribution is 2.32. The molecule has 3 rings (SSSR count). The number of halogens is 3. The molecule has 0 unspecified atom stereocenters. The molecule has 1 aliphatic rings. The van der Waals surface area contributed by atoms with Crippen LogP contribution in [0.2, 0.25) is 0 Å². The monoisotopic (exact) mass is 436 g/mol. The predicted octanol–water partition coefficient (Wildman–Crippen LogP) is 4.60. The Kier molecular flexibility index (Phi) is 6.28. The highest BCUT2D eigenvalue weighted by molar-refractivity contribution is 5.99. The Morgan fingerprint density at radius 2 is 1.74 bits per heavy atom. The van der Waals surface area contributed by atoms with Crippen LogP contribution in [0.3, 0.4) is 0 Å². The van der Waals surface area contributed by atoms with Crippen LogP contribution >= 0.6 is 0 Å². The average molecular weight is 436 g/mol. The number of nitrogens with zero attached hydrogens (tertiary/aromatic N) is 2. The minimum atomic E-state index is -4.46. The number of nitro benzene ring substituents is 1. The van der Waals surface area contributed by atoms with Crippen LogP contribution in [-0.4, -0.2) is 34.3 Å². The lowest BCUT2D eigenvalue weighted by Crippen LogP contribution is -2.32. The van der Waals surface area contributed by atoms with Gasteiger partial charge >= 0.3 is 12.1 Å². The zero-order chi connectivity index (χ0) is 22.8. The molecule has 10 heteroatoms. The van der Waals surface area contributed by atoms with Crippen molar-refractivity contribution in [1.29, 1.82) is 0 Å². The molecule has 2 aromatic carbocycles. The maximum atomic E-state index is 13.1. The quantitative estimate of drug-likeness (QED) is 0.360. The number of carbonyl (C=O) groups excluding carboxylic acids is 2. The third-order valence-corrected chi connectivity index (χ3v) is 4.77. The molecule has 0 bridgehead atoms. The van der Waals surface area contributed by atoms with Crippen molar-refractivity contribution in [2.75, 3.05) is 6.61 Å². The van der Waals surface area contributed by atoms with Gasteiger partial charge in [0.05, 0.1) is 22.7 Å². The van der Waals surface area contributed by atoms with Gasteiger partial charge in [-0.15, -0.1) is 0 Å². The topological polar surface area (TPSA) is 89.8 Å². The van der Waals surface area contributed by atoms with Crippen LogP contribution in [0.5, 0.6) is 0 Å². The number of non-ortho nitro benzene ring substituents is 1. The van der Waals surface area contributed by atoms with E-state index in [4.69, 9.17) is 4.74 Å². The van der Waals surface area contributed by atoms with E-state index in [0.717, 1.165) is 24.3 Å². The first-order valence-corrected chi connectivity index (χ1v) is 9.54. The molecule has 0 saturated heterocycles. The van der Waals surface area contributed by atoms with Crippen molar-refractivity contribution in [1.82, 2.24) is 4.90 Å². The summed E-state index contributed by atoms with van der Waals surface area (Å²) >= 11 is 0. The number of hydrogen-bond acceptors (Lipinski definition) is 5. The van der Waals surface area contributed by atoms with E-state index in [-0.39, 0.29) is 30.3 Å². The molecule has 2 aromatic rings. The molecule has 0 spiro atoms.